The van der Waals surface area contributed by atoms with Crippen LogP contribution in [0, 0.1) is 5.92 Å². The smallest absolute Gasteiger partial charge is 0.148 e. The van der Waals surface area contributed by atoms with Crippen molar-refractivity contribution in [1.82, 2.24) is 5.32 Å². The van der Waals surface area contributed by atoms with Crippen LogP contribution in [0.15, 0.2) is 0 Å². The molecule has 1 saturated carbocycles. The highest BCUT2D eigenvalue weighted by Gasteiger charge is 2.19. The summed E-state index contributed by atoms with van der Waals surface area (Å²) in [6.07, 6.45) is 7.93. The fourth-order valence-corrected chi connectivity index (χ4v) is 2.76. The fourth-order valence-electron chi connectivity index (χ4n) is 2.27. The molecule has 0 unspecified atom stereocenters. The van der Waals surface area contributed by atoms with Gasteiger partial charge in [-0.15, -0.1) is 0 Å². The van der Waals surface area contributed by atoms with Gasteiger partial charge >= 0.3 is 0 Å². The van der Waals surface area contributed by atoms with E-state index < -0.39 is 9.84 Å². The molecule has 0 aliphatic heterocycles. The van der Waals surface area contributed by atoms with Crippen molar-refractivity contribution in [2.24, 2.45) is 5.92 Å². The molecule has 15 heavy (non-hydrogen) atoms. The Morgan fingerprint density at radius 3 is 2.40 bits per heavy atom. The van der Waals surface area contributed by atoms with Crippen LogP contribution < -0.4 is 5.32 Å². The third kappa shape index (κ3) is 5.52. The van der Waals surface area contributed by atoms with Crippen LogP contribution in [-0.2, 0) is 9.84 Å². The topological polar surface area (TPSA) is 46.2 Å². The normalized spacial score (nSPS) is 21.5. The van der Waals surface area contributed by atoms with Crippen molar-refractivity contribution in [3.05, 3.63) is 0 Å². The quantitative estimate of drug-likeness (QED) is 0.784. The van der Waals surface area contributed by atoms with Crippen molar-refractivity contribution >= 4 is 9.84 Å². The first-order chi connectivity index (χ1) is 6.99. The molecule has 0 aromatic carbocycles. The summed E-state index contributed by atoms with van der Waals surface area (Å²) < 4.78 is 21.9. The maximum atomic E-state index is 10.9. The van der Waals surface area contributed by atoms with E-state index in [1.165, 1.54) is 38.4 Å². The van der Waals surface area contributed by atoms with Crippen LogP contribution in [0.25, 0.3) is 0 Å². The van der Waals surface area contributed by atoms with Gasteiger partial charge in [-0.1, -0.05) is 19.3 Å². The van der Waals surface area contributed by atoms with E-state index in [0.29, 0.717) is 12.6 Å². The van der Waals surface area contributed by atoms with Crippen molar-refractivity contribution in [3.63, 3.8) is 0 Å². The first kappa shape index (κ1) is 13.0. The standard InChI is InChI=1S/C11H23NO2S/c1-10(11-6-4-3-5-7-11)12-8-9-15(2,13)14/h10-12H,3-9H2,1-2H3/t10-/m0/s1. The average Bonchev–Trinajstić information content (AvgIpc) is 2.17. The number of hydrogen-bond donors (Lipinski definition) is 1. The molecule has 0 bridgehead atoms. The van der Waals surface area contributed by atoms with Gasteiger partial charge in [-0.3, -0.25) is 0 Å². The Bertz CT molecular complexity index is 268. The van der Waals surface area contributed by atoms with E-state index in [2.05, 4.69) is 12.2 Å². The van der Waals surface area contributed by atoms with Gasteiger partial charge in [-0.05, 0) is 25.7 Å². The molecular weight excluding hydrogens is 210 g/mol. The predicted octanol–water partition coefficient (Wildman–Crippen LogP) is 1.59. The maximum absolute atomic E-state index is 10.9. The highest BCUT2D eigenvalue weighted by Crippen LogP contribution is 2.26. The molecule has 0 heterocycles. The molecule has 0 spiro atoms. The van der Waals surface area contributed by atoms with Gasteiger partial charge in [0.1, 0.15) is 9.84 Å². The van der Waals surface area contributed by atoms with Crippen molar-refractivity contribution in [2.75, 3.05) is 18.6 Å². The van der Waals surface area contributed by atoms with E-state index in [4.69, 9.17) is 0 Å². The summed E-state index contributed by atoms with van der Waals surface area (Å²) in [5.41, 5.74) is 0. The Kier molecular flexibility index (Phi) is 5.06. The summed E-state index contributed by atoms with van der Waals surface area (Å²) in [5.74, 6) is 1.00. The van der Waals surface area contributed by atoms with Crippen LogP contribution in [0.1, 0.15) is 39.0 Å². The average molecular weight is 233 g/mol. The lowest BCUT2D eigenvalue weighted by Gasteiger charge is -2.28. The van der Waals surface area contributed by atoms with Crippen molar-refractivity contribution in [3.8, 4) is 0 Å². The van der Waals surface area contributed by atoms with Crippen LogP contribution in [0.2, 0.25) is 0 Å². The van der Waals surface area contributed by atoms with Gasteiger partial charge in [-0.25, -0.2) is 8.42 Å². The predicted molar refractivity (Wildman–Crippen MR) is 63.8 cm³/mol. The van der Waals surface area contributed by atoms with E-state index in [1.807, 2.05) is 0 Å². The van der Waals surface area contributed by atoms with E-state index in [0.717, 1.165) is 5.92 Å². The van der Waals surface area contributed by atoms with Gasteiger partial charge in [0.05, 0.1) is 5.75 Å². The van der Waals surface area contributed by atoms with Gasteiger partial charge in [0.25, 0.3) is 0 Å². The van der Waals surface area contributed by atoms with Crippen LogP contribution in [0.3, 0.4) is 0 Å². The highest BCUT2D eigenvalue weighted by molar-refractivity contribution is 7.90. The second kappa shape index (κ2) is 5.85. The van der Waals surface area contributed by atoms with E-state index in [9.17, 15) is 8.42 Å². The van der Waals surface area contributed by atoms with Gasteiger partial charge in [0, 0.05) is 18.8 Å². The molecule has 0 amide bonds. The summed E-state index contributed by atoms with van der Waals surface area (Å²) in [6.45, 7) is 2.77. The molecule has 0 saturated heterocycles. The largest absolute Gasteiger partial charge is 0.313 e. The zero-order chi connectivity index (χ0) is 11.3. The maximum Gasteiger partial charge on any atom is 0.148 e. The third-order valence-corrected chi connectivity index (χ3v) is 4.24. The van der Waals surface area contributed by atoms with Gasteiger partial charge in [-0.2, -0.15) is 0 Å². The van der Waals surface area contributed by atoms with Crippen LogP contribution >= 0.6 is 0 Å². The zero-order valence-electron chi connectivity index (χ0n) is 9.83. The lowest BCUT2D eigenvalue weighted by molar-refractivity contribution is 0.285. The molecule has 1 aliphatic carbocycles. The summed E-state index contributed by atoms with van der Waals surface area (Å²) in [7, 11) is -2.81. The number of sulfone groups is 1. The van der Waals surface area contributed by atoms with Gasteiger partial charge in [0.15, 0.2) is 0 Å². The molecule has 3 nitrogen and oxygen atoms in total. The number of rotatable bonds is 5. The molecule has 1 rings (SSSR count). The first-order valence-corrected chi connectivity index (χ1v) is 7.96. The highest BCUT2D eigenvalue weighted by atomic mass is 32.2. The fraction of sp³-hybridized carbons (Fsp3) is 1.00. The minimum Gasteiger partial charge on any atom is -0.313 e. The lowest BCUT2D eigenvalue weighted by Crippen LogP contribution is -2.37. The second-order valence-electron chi connectivity index (χ2n) is 4.77. The third-order valence-electron chi connectivity index (χ3n) is 3.30. The molecule has 4 heteroatoms. The monoisotopic (exact) mass is 233 g/mol. The number of nitrogens with one attached hydrogen (secondary N) is 1. The van der Waals surface area contributed by atoms with E-state index in [1.54, 1.807) is 0 Å². The Labute approximate surface area is 93.6 Å². The molecule has 1 fully saturated rings. The van der Waals surface area contributed by atoms with E-state index >= 15 is 0 Å². The molecule has 0 aromatic rings. The summed E-state index contributed by atoms with van der Waals surface area (Å²) in [4.78, 5) is 0. The second-order valence-corrected chi connectivity index (χ2v) is 7.03. The molecule has 1 atom stereocenters. The first-order valence-electron chi connectivity index (χ1n) is 5.90. The van der Waals surface area contributed by atoms with Crippen LogP contribution in [-0.4, -0.2) is 33.0 Å². The molecule has 0 aromatic heterocycles. The van der Waals surface area contributed by atoms with Gasteiger partial charge in [0.2, 0.25) is 0 Å². The Balaban J connectivity index is 2.20. The Hall–Kier alpha value is -0.0900. The Morgan fingerprint density at radius 2 is 1.87 bits per heavy atom. The van der Waals surface area contributed by atoms with Crippen molar-refractivity contribution in [1.29, 1.82) is 0 Å². The van der Waals surface area contributed by atoms with Gasteiger partial charge < -0.3 is 5.32 Å². The van der Waals surface area contributed by atoms with Crippen molar-refractivity contribution in [2.45, 2.75) is 45.1 Å². The zero-order valence-corrected chi connectivity index (χ0v) is 10.6. The summed E-state index contributed by atoms with van der Waals surface area (Å²) in [5, 5.41) is 3.33. The minimum atomic E-state index is -2.81. The van der Waals surface area contributed by atoms with Crippen LogP contribution in [0.5, 0.6) is 0 Å². The lowest BCUT2D eigenvalue weighted by atomic mass is 9.84. The Morgan fingerprint density at radius 1 is 1.27 bits per heavy atom. The molecule has 0 radical (unpaired) electrons. The molecule has 90 valence electrons. The van der Waals surface area contributed by atoms with E-state index in [-0.39, 0.29) is 5.75 Å². The van der Waals surface area contributed by atoms with Crippen molar-refractivity contribution < 1.29 is 8.42 Å². The summed E-state index contributed by atoms with van der Waals surface area (Å²) in [6, 6.07) is 0.465. The summed E-state index contributed by atoms with van der Waals surface area (Å²) >= 11 is 0. The molecular formula is C11H23NO2S. The van der Waals surface area contributed by atoms with Crippen LogP contribution in [0.4, 0.5) is 0 Å². The molecule has 1 N–H and O–H groups in total. The molecule has 1 aliphatic rings. The SMILES string of the molecule is C[C@H](NCCS(C)(=O)=O)C1CCCCC1. The number of hydrogen-bond acceptors (Lipinski definition) is 3. The minimum absolute atomic E-state index is 0.254.